The molecule has 0 fully saturated rings. The van der Waals surface area contributed by atoms with Crippen LogP contribution in [0.1, 0.15) is 12.8 Å². The highest BCUT2D eigenvalue weighted by atomic mass is 19.4. The molecular weight excluding hydrogens is 238 g/mol. The molecular formula is C9H10F6O. The molecule has 16 heavy (non-hydrogen) atoms. The smallest absolute Gasteiger partial charge is 0.396 e. The first-order valence-electron chi connectivity index (χ1n) is 4.60. The third-order valence-corrected chi connectivity index (χ3v) is 2.69. The van der Waals surface area contributed by atoms with E-state index < -0.39 is 49.2 Å². The third kappa shape index (κ3) is 2.90. The lowest BCUT2D eigenvalue weighted by Gasteiger charge is -2.32. The lowest BCUT2D eigenvalue weighted by Crippen LogP contribution is -2.36. The van der Waals surface area contributed by atoms with Crippen LogP contribution in [0.25, 0.3) is 0 Å². The van der Waals surface area contributed by atoms with Gasteiger partial charge in [0.25, 0.3) is 0 Å². The van der Waals surface area contributed by atoms with Crippen molar-refractivity contribution in [2.24, 2.45) is 11.8 Å². The molecule has 1 N–H and O–H groups in total. The van der Waals surface area contributed by atoms with Crippen LogP contribution in [-0.4, -0.2) is 24.1 Å². The van der Waals surface area contributed by atoms with E-state index in [1.807, 2.05) is 0 Å². The fourth-order valence-electron chi connectivity index (χ4n) is 1.79. The molecule has 7 heteroatoms. The van der Waals surface area contributed by atoms with Crippen LogP contribution in [0.3, 0.4) is 0 Å². The Morgan fingerprint density at radius 2 is 1.75 bits per heavy atom. The number of allylic oxidation sites excluding steroid dienone is 2. The monoisotopic (exact) mass is 248 g/mol. The Morgan fingerprint density at radius 3 is 2.12 bits per heavy atom. The maximum Gasteiger partial charge on any atom is 0.412 e. The fourth-order valence-corrected chi connectivity index (χ4v) is 1.79. The normalized spacial score (nSPS) is 27.8. The highest BCUT2D eigenvalue weighted by molar-refractivity contribution is 5.14. The molecule has 1 nitrogen and oxygen atoms in total. The minimum Gasteiger partial charge on any atom is -0.396 e. The summed E-state index contributed by atoms with van der Waals surface area (Å²) in [6, 6.07) is 0. The maximum absolute atomic E-state index is 12.4. The van der Waals surface area contributed by atoms with Gasteiger partial charge in [0.2, 0.25) is 0 Å². The predicted molar refractivity (Wildman–Crippen MR) is 43.5 cm³/mol. The van der Waals surface area contributed by atoms with Gasteiger partial charge in [0, 0.05) is 12.2 Å². The molecule has 0 saturated heterocycles. The second kappa shape index (κ2) is 4.27. The molecule has 0 bridgehead atoms. The molecule has 0 spiro atoms. The molecule has 1 aliphatic carbocycles. The number of rotatable bonds is 1. The summed E-state index contributed by atoms with van der Waals surface area (Å²) in [4.78, 5) is 0. The first kappa shape index (κ1) is 13.3. The molecule has 0 radical (unpaired) electrons. The Hall–Kier alpha value is -0.720. The fraction of sp³-hybridized carbons (Fsp3) is 0.778. The van der Waals surface area contributed by atoms with Crippen LogP contribution in [0.5, 0.6) is 0 Å². The van der Waals surface area contributed by atoms with Crippen molar-refractivity contribution in [3.8, 4) is 0 Å². The minimum atomic E-state index is -4.61. The summed E-state index contributed by atoms with van der Waals surface area (Å²) < 4.78 is 73.9. The summed E-state index contributed by atoms with van der Waals surface area (Å²) in [7, 11) is 0. The molecule has 0 aromatic heterocycles. The van der Waals surface area contributed by atoms with E-state index in [2.05, 4.69) is 0 Å². The van der Waals surface area contributed by atoms with Gasteiger partial charge in [-0.25, -0.2) is 0 Å². The molecule has 0 saturated carbocycles. The zero-order valence-corrected chi connectivity index (χ0v) is 8.07. The van der Waals surface area contributed by atoms with Gasteiger partial charge in [-0.2, -0.15) is 26.3 Å². The van der Waals surface area contributed by atoms with Crippen molar-refractivity contribution in [1.29, 1.82) is 0 Å². The number of hydrogen-bond donors (Lipinski definition) is 1. The summed E-state index contributed by atoms with van der Waals surface area (Å²) in [5.74, 6) is -3.29. The number of halogens is 6. The molecule has 0 aliphatic heterocycles. The lowest BCUT2D eigenvalue weighted by atomic mass is 9.79. The Kier molecular flexibility index (Phi) is 3.56. The first-order chi connectivity index (χ1) is 7.16. The van der Waals surface area contributed by atoms with E-state index in [9.17, 15) is 26.3 Å². The summed E-state index contributed by atoms with van der Waals surface area (Å²) in [5, 5.41) is 8.71. The van der Waals surface area contributed by atoms with Gasteiger partial charge in [0.15, 0.2) is 0 Å². The topological polar surface area (TPSA) is 20.2 Å². The summed E-state index contributed by atoms with van der Waals surface area (Å²) in [6.45, 7) is -0.891. The van der Waals surface area contributed by atoms with Gasteiger partial charge < -0.3 is 5.11 Å². The van der Waals surface area contributed by atoms with Crippen molar-refractivity contribution in [3.63, 3.8) is 0 Å². The standard InChI is InChI=1S/C9H10F6O/c10-8(11,12)6-1-2-7(9(13,14)15)5(3-6)4-16/h1,5,7,16H,2-4H2. The SMILES string of the molecule is OCC1CC(C(F)(F)F)=CCC1C(F)(F)F. The lowest BCUT2D eigenvalue weighted by molar-refractivity contribution is -0.195. The van der Waals surface area contributed by atoms with E-state index in [4.69, 9.17) is 5.11 Å². The quantitative estimate of drug-likeness (QED) is 0.558. The van der Waals surface area contributed by atoms with Crippen LogP contribution in [0.4, 0.5) is 26.3 Å². The van der Waals surface area contributed by atoms with Gasteiger partial charge in [-0.05, 0) is 18.8 Å². The van der Waals surface area contributed by atoms with E-state index in [1.165, 1.54) is 0 Å². The van der Waals surface area contributed by atoms with Gasteiger partial charge in [-0.3, -0.25) is 0 Å². The highest BCUT2D eigenvalue weighted by Crippen LogP contribution is 2.44. The van der Waals surface area contributed by atoms with Crippen molar-refractivity contribution in [2.45, 2.75) is 25.2 Å². The molecule has 0 amide bonds. The van der Waals surface area contributed by atoms with E-state index in [0.717, 1.165) is 0 Å². The predicted octanol–water partition coefficient (Wildman–Crippen LogP) is 3.06. The Labute approximate surface area is 87.8 Å². The van der Waals surface area contributed by atoms with E-state index in [-0.39, 0.29) is 0 Å². The van der Waals surface area contributed by atoms with Crippen LogP contribution in [0.2, 0.25) is 0 Å². The molecule has 0 aromatic carbocycles. The number of aliphatic hydroxyl groups is 1. The second-order valence-corrected chi connectivity index (χ2v) is 3.76. The highest BCUT2D eigenvalue weighted by Gasteiger charge is 2.48. The molecule has 94 valence electrons. The largest absolute Gasteiger partial charge is 0.412 e. The Bertz CT molecular complexity index is 277. The van der Waals surface area contributed by atoms with Crippen LogP contribution in [-0.2, 0) is 0 Å². The Morgan fingerprint density at radius 1 is 1.19 bits per heavy atom. The van der Waals surface area contributed by atoms with E-state index in [0.29, 0.717) is 6.08 Å². The zero-order chi connectivity index (χ0) is 12.6. The summed E-state index contributed by atoms with van der Waals surface area (Å²) in [6.07, 6.45) is -10.1. The number of hydrogen-bond acceptors (Lipinski definition) is 1. The van der Waals surface area contributed by atoms with Crippen molar-refractivity contribution in [3.05, 3.63) is 11.6 Å². The second-order valence-electron chi connectivity index (χ2n) is 3.76. The van der Waals surface area contributed by atoms with E-state index >= 15 is 0 Å². The molecule has 1 aliphatic rings. The first-order valence-corrected chi connectivity index (χ1v) is 4.60. The van der Waals surface area contributed by atoms with Gasteiger partial charge in [-0.1, -0.05) is 6.08 Å². The van der Waals surface area contributed by atoms with Gasteiger partial charge >= 0.3 is 12.4 Å². The van der Waals surface area contributed by atoms with Gasteiger partial charge in [0.05, 0.1) is 5.92 Å². The van der Waals surface area contributed by atoms with Crippen LogP contribution in [0, 0.1) is 11.8 Å². The van der Waals surface area contributed by atoms with Crippen LogP contribution < -0.4 is 0 Å². The van der Waals surface area contributed by atoms with Crippen LogP contribution >= 0.6 is 0 Å². The van der Waals surface area contributed by atoms with Crippen molar-refractivity contribution in [1.82, 2.24) is 0 Å². The molecule has 2 atom stereocenters. The van der Waals surface area contributed by atoms with Crippen molar-refractivity contribution < 1.29 is 31.4 Å². The van der Waals surface area contributed by atoms with Crippen molar-refractivity contribution >= 4 is 0 Å². The average molecular weight is 248 g/mol. The zero-order valence-electron chi connectivity index (χ0n) is 8.07. The Balaban J connectivity index is 2.87. The minimum absolute atomic E-state index is 0.574. The van der Waals surface area contributed by atoms with Gasteiger partial charge in [-0.15, -0.1) is 0 Å². The van der Waals surface area contributed by atoms with Crippen LogP contribution in [0.15, 0.2) is 11.6 Å². The summed E-state index contributed by atoms with van der Waals surface area (Å²) >= 11 is 0. The van der Waals surface area contributed by atoms with Gasteiger partial charge in [0.1, 0.15) is 0 Å². The molecule has 1 rings (SSSR count). The molecule has 0 aromatic rings. The average Bonchev–Trinajstić information content (AvgIpc) is 2.14. The summed E-state index contributed by atoms with van der Waals surface area (Å²) in [5.41, 5.74) is -0.980. The van der Waals surface area contributed by atoms with Crippen molar-refractivity contribution in [2.75, 3.05) is 6.61 Å². The number of aliphatic hydroxyl groups excluding tert-OH is 1. The third-order valence-electron chi connectivity index (χ3n) is 2.69. The number of alkyl halides is 6. The molecule has 0 heterocycles. The molecule has 2 unspecified atom stereocenters. The maximum atomic E-state index is 12.4. The van der Waals surface area contributed by atoms with E-state index in [1.54, 1.807) is 0 Å².